The van der Waals surface area contributed by atoms with Crippen LogP contribution >= 0.6 is 0 Å². The summed E-state index contributed by atoms with van der Waals surface area (Å²) in [5.41, 5.74) is 0. The van der Waals surface area contributed by atoms with Crippen LogP contribution in [0.15, 0.2) is 23.1 Å². The predicted molar refractivity (Wildman–Crippen MR) is 92.3 cm³/mol. The Kier molecular flexibility index (Phi) is 5.48. The van der Waals surface area contributed by atoms with E-state index in [4.69, 9.17) is 9.47 Å². The Morgan fingerprint density at radius 2 is 2.04 bits per heavy atom. The molecule has 0 bridgehead atoms. The minimum Gasteiger partial charge on any atom is -0.486 e. The van der Waals surface area contributed by atoms with E-state index in [1.54, 1.807) is 6.07 Å². The van der Waals surface area contributed by atoms with Crippen molar-refractivity contribution in [2.24, 2.45) is 0 Å². The van der Waals surface area contributed by atoms with Gasteiger partial charge in [0.05, 0.1) is 4.90 Å². The van der Waals surface area contributed by atoms with Crippen LogP contribution in [0.3, 0.4) is 0 Å². The smallest absolute Gasteiger partial charge is 0.243 e. The first-order valence-corrected chi connectivity index (χ1v) is 10.2. The first kappa shape index (κ1) is 18.0. The van der Waals surface area contributed by atoms with Crippen LogP contribution in [0.1, 0.15) is 32.6 Å². The van der Waals surface area contributed by atoms with Gasteiger partial charge in [0.2, 0.25) is 15.9 Å². The molecule has 1 atom stereocenters. The molecule has 0 spiro atoms. The van der Waals surface area contributed by atoms with Crippen molar-refractivity contribution < 1.29 is 22.7 Å². The average molecular weight is 368 g/mol. The number of unbranched alkanes of at least 4 members (excludes halogenated alkanes) is 1. The fourth-order valence-electron chi connectivity index (χ4n) is 3.12. The van der Waals surface area contributed by atoms with E-state index in [-0.39, 0.29) is 10.8 Å². The quantitative estimate of drug-likeness (QED) is 0.770. The van der Waals surface area contributed by atoms with E-state index in [0.29, 0.717) is 50.6 Å². The van der Waals surface area contributed by atoms with Crippen LogP contribution in [0.4, 0.5) is 0 Å². The predicted octanol–water partition coefficient (Wildman–Crippen LogP) is 1.53. The lowest BCUT2D eigenvalue weighted by Gasteiger charge is -2.24. The summed E-state index contributed by atoms with van der Waals surface area (Å²) < 4.78 is 38.2. The number of amides is 1. The van der Waals surface area contributed by atoms with Gasteiger partial charge >= 0.3 is 0 Å². The molecule has 2 heterocycles. The topological polar surface area (TPSA) is 84.9 Å². The van der Waals surface area contributed by atoms with Crippen LogP contribution < -0.4 is 14.8 Å². The Morgan fingerprint density at radius 1 is 1.28 bits per heavy atom. The van der Waals surface area contributed by atoms with Crippen LogP contribution in [0, 0.1) is 0 Å². The second kappa shape index (κ2) is 7.61. The van der Waals surface area contributed by atoms with E-state index >= 15 is 0 Å². The molecular formula is C17H24N2O5S. The Bertz CT molecular complexity index is 735. The second-order valence-corrected chi connectivity index (χ2v) is 8.11. The summed E-state index contributed by atoms with van der Waals surface area (Å²) in [6.45, 7) is 3.81. The SMILES string of the molecule is CCCCNC(=O)[C@H]1CCCN1S(=O)(=O)c1ccc2c(c1)OCCO2. The highest BCUT2D eigenvalue weighted by Gasteiger charge is 2.39. The number of rotatable bonds is 6. The van der Waals surface area contributed by atoms with Crippen molar-refractivity contribution in [2.45, 2.75) is 43.5 Å². The third-order valence-electron chi connectivity index (χ3n) is 4.46. The zero-order valence-electron chi connectivity index (χ0n) is 14.4. The number of carbonyl (C=O) groups is 1. The minimum atomic E-state index is -3.76. The second-order valence-electron chi connectivity index (χ2n) is 6.22. The van der Waals surface area contributed by atoms with Gasteiger partial charge in [-0.2, -0.15) is 4.31 Å². The molecule has 2 aliphatic heterocycles. The standard InChI is InChI=1S/C17H24N2O5S/c1-2-3-8-18-17(20)14-5-4-9-19(14)25(21,22)13-6-7-15-16(12-13)24-11-10-23-15/h6-7,12,14H,2-5,8-11H2,1H3,(H,18,20)/t14-/m1/s1. The monoisotopic (exact) mass is 368 g/mol. The van der Waals surface area contributed by atoms with Crippen LogP contribution in [-0.2, 0) is 14.8 Å². The summed E-state index contributed by atoms with van der Waals surface area (Å²) >= 11 is 0. The van der Waals surface area contributed by atoms with Gasteiger partial charge < -0.3 is 14.8 Å². The summed E-state index contributed by atoms with van der Waals surface area (Å²) in [5.74, 6) is 0.753. The third-order valence-corrected chi connectivity index (χ3v) is 6.36. The molecule has 7 nitrogen and oxygen atoms in total. The van der Waals surface area contributed by atoms with Crippen molar-refractivity contribution in [3.8, 4) is 11.5 Å². The number of hydrogen-bond acceptors (Lipinski definition) is 5. The number of ether oxygens (including phenoxy) is 2. The zero-order chi connectivity index (χ0) is 17.9. The third kappa shape index (κ3) is 3.74. The van der Waals surface area contributed by atoms with Crippen LogP contribution in [-0.4, -0.2) is 51.0 Å². The molecule has 0 saturated carbocycles. The van der Waals surface area contributed by atoms with Crippen molar-refractivity contribution in [1.29, 1.82) is 0 Å². The molecule has 0 unspecified atom stereocenters. The maximum atomic E-state index is 13.0. The molecule has 0 aliphatic carbocycles. The molecule has 1 saturated heterocycles. The molecule has 1 N–H and O–H groups in total. The number of nitrogens with zero attached hydrogens (tertiary/aromatic N) is 1. The number of carbonyl (C=O) groups excluding carboxylic acids is 1. The lowest BCUT2D eigenvalue weighted by Crippen LogP contribution is -2.46. The molecule has 3 rings (SSSR count). The van der Waals surface area contributed by atoms with E-state index < -0.39 is 16.1 Å². The Balaban J connectivity index is 1.80. The highest BCUT2D eigenvalue weighted by molar-refractivity contribution is 7.89. The minimum absolute atomic E-state index is 0.130. The molecule has 1 aromatic rings. The highest BCUT2D eigenvalue weighted by Crippen LogP contribution is 2.34. The molecular weight excluding hydrogens is 344 g/mol. The van der Waals surface area contributed by atoms with Crippen LogP contribution in [0.5, 0.6) is 11.5 Å². The fraction of sp³-hybridized carbons (Fsp3) is 0.588. The van der Waals surface area contributed by atoms with Crippen molar-refractivity contribution in [3.05, 3.63) is 18.2 Å². The molecule has 8 heteroatoms. The largest absolute Gasteiger partial charge is 0.486 e. The molecule has 1 amide bonds. The maximum absolute atomic E-state index is 13.0. The van der Waals surface area contributed by atoms with Gasteiger partial charge in [-0.3, -0.25) is 4.79 Å². The van der Waals surface area contributed by atoms with Crippen LogP contribution in [0.25, 0.3) is 0 Å². The lowest BCUT2D eigenvalue weighted by molar-refractivity contribution is -0.124. The van der Waals surface area contributed by atoms with Gasteiger partial charge in [-0.25, -0.2) is 8.42 Å². The summed E-state index contributed by atoms with van der Waals surface area (Å²) in [7, 11) is -3.76. The molecule has 2 aliphatic rings. The number of sulfonamides is 1. The lowest BCUT2D eigenvalue weighted by atomic mass is 10.2. The van der Waals surface area contributed by atoms with Crippen molar-refractivity contribution in [3.63, 3.8) is 0 Å². The Morgan fingerprint density at radius 3 is 2.80 bits per heavy atom. The van der Waals surface area contributed by atoms with Crippen molar-refractivity contribution in [2.75, 3.05) is 26.3 Å². The number of fused-ring (bicyclic) bond motifs is 1. The average Bonchev–Trinajstić information content (AvgIpc) is 3.12. The van der Waals surface area contributed by atoms with Crippen molar-refractivity contribution >= 4 is 15.9 Å². The van der Waals surface area contributed by atoms with Gasteiger partial charge in [-0.05, 0) is 31.4 Å². The van der Waals surface area contributed by atoms with Gasteiger partial charge in [0, 0.05) is 19.2 Å². The molecule has 1 fully saturated rings. The zero-order valence-corrected chi connectivity index (χ0v) is 15.2. The summed E-state index contributed by atoms with van der Waals surface area (Å²) in [6.07, 6.45) is 3.08. The van der Waals surface area contributed by atoms with Gasteiger partial charge in [-0.1, -0.05) is 13.3 Å². The van der Waals surface area contributed by atoms with Gasteiger partial charge in [0.25, 0.3) is 0 Å². The Labute approximate surface area is 148 Å². The summed E-state index contributed by atoms with van der Waals surface area (Å²) in [5, 5.41) is 2.84. The fourth-order valence-corrected chi connectivity index (χ4v) is 4.79. The van der Waals surface area contributed by atoms with E-state index in [1.165, 1.54) is 16.4 Å². The van der Waals surface area contributed by atoms with Crippen molar-refractivity contribution in [1.82, 2.24) is 9.62 Å². The van der Waals surface area contributed by atoms with Gasteiger partial charge in [0.1, 0.15) is 19.3 Å². The number of hydrogen-bond donors (Lipinski definition) is 1. The number of benzene rings is 1. The molecule has 138 valence electrons. The van der Waals surface area contributed by atoms with Gasteiger partial charge in [-0.15, -0.1) is 0 Å². The maximum Gasteiger partial charge on any atom is 0.243 e. The van der Waals surface area contributed by atoms with E-state index in [0.717, 1.165) is 12.8 Å². The number of nitrogens with one attached hydrogen (secondary N) is 1. The van der Waals surface area contributed by atoms with Gasteiger partial charge in [0.15, 0.2) is 11.5 Å². The molecule has 0 aromatic heterocycles. The molecule has 0 radical (unpaired) electrons. The molecule has 1 aromatic carbocycles. The van der Waals surface area contributed by atoms with Crippen LogP contribution in [0.2, 0.25) is 0 Å². The van der Waals surface area contributed by atoms with E-state index in [9.17, 15) is 13.2 Å². The highest BCUT2D eigenvalue weighted by atomic mass is 32.2. The Hall–Kier alpha value is -1.80. The van der Waals surface area contributed by atoms with E-state index in [1.807, 2.05) is 6.92 Å². The normalized spacial score (nSPS) is 20.4. The summed E-state index contributed by atoms with van der Waals surface area (Å²) in [6, 6.07) is 3.95. The first-order chi connectivity index (χ1) is 12.0. The summed E-state index contributed by atoms with van der Waals surface area (Å²) in [4.78, 5) is 12.5. The van der Waals surface area contributed by atoms with E-state index in [2.05, 4.69) is 5.32 Å². The first-order valence-electron chi connectivity index (χ1n) is 8.73. The molecule has 25 heavy (non-hydrogen) atoms.